The van der Waals surface area contributed by atoms with Crippen molar-refractivity contribution in [2.45, 2.75) is 25.7 Å². The maximum absolute atomic E-state index is 5.65. The molecule has 0 atom stereocenters. The highest BCUT2D eigenvalue weighted by Crippen LogP contribution is 2.11. The van der Waals surface area contributed by atoms with Gasteiger partial charge in [0.1, 0.15) is 11.5 Å². The SMILES string of the molecule is [c]1ccccc1OCCCCCCOc1ccccc1. The fourth-order valence-electron chi connectivity index (χ4n) is 1.91. The van der Waals surface area contributed by atoms with Gasteiger partial charge in [-0.15, -0.1) is 0 Å². The summed E-state index contributed by atoms with van der Waals surface area (Å²) < 4.78 is 11.2. The van der Waals surface area contributed by atoms with Crippen molar-refractivity contribution in [3.05, 3.63) is 60.7 Å². The third kappa shape index (κ3) is 5.79. The van der Waals surface area contributed by atoms with Crippen LogP contribution < -0.4 is 9.47 Å². The molecule has 0 saturated carbocycles. The first-order valence-electron chi connectivity index (χ1n) is 7.22. The molecular weight excluding hydrogens is 248 g/mol. The number of ether oxygens (including phenoxy) is 2. The number of benzene rings is 2. The van der Waals surface area contributed by atoms with Crippen molar-refractivity contribution in [2.75, 3.05) is 13.2 Å². The minimum absolute atomic E-state index is 0.764. The number of para-hydroxylation sites is 2. The van der Waals surface area contributed by atoms with Gasteiger partial charge in [0.15, 0.2) is 0 Å². The molecule has 2 aromatic rings. The maximum Gasteiger partial charge on any atom is 0.127 e. The predicted molar refractivity (Wildman–Crippen MR) is 81.2 cm³/mol. The first-order valence-corrected chi connectivity index (χ1v) is 7.22. The van der Waals surface area contributed by atoms with E-state index in [2.05, 4.69) is 6.07 Å². The molecule has 2 aromatic carbocycles. The van der Waals surface area contributed by atoms with Gasteiger partial charge in [0.05, 0.1) is 13.2 Å². The van der Waals surface area contributed by atoms with E-state index >= 15 is 0 Å². The molecule has 20 heavy (non-hydrogen) atoms. The second-order valence-corrected chi connectivity index (χ2v) is 4.65. The lowest BCUT2D eigenvalue weighted by molar-refractivity contribution is 0.287. The van der Waals surface area contributed by atoms with Gasteiger partial charge in [-0.1, -0.05) is 36.4 Å². The first-order chi connectivity index (χ1) is 9.95. The Bertz CT molecular complexity index is 408. The summed E-state index contributed by atoms with van der Waals surface area (Å²) in [5, 5.41) is 0. The van der Waals surface area contributed by atoms with Gasteiger partial charge in [-0.05, 0) is 43.9 Å². The van der Waals surface area contributed by atoms with E-state index in [0.717, 1.165) is 37.6 Å². The van der Waals surface area contributed by atoms with Crippen molar-refractivity contribution in [1.82, 2.24) is 0 Å². The zero-order valence-corrected chi connectivity index (χ0v) is 11.8. The Morgan fingerprint density at radius 2 is 1.40 bits per heavy atom. The van der Waals surface area contributed by atoms with Crippen LogP contribution in [-0.4, -0.2) is 13.2 Å². The van der Waals surface area contributed by atoms with Crippen LogP contribution in [-0.2, 0) is 0 Å². The van der Waals surface area contributed by atoms with Crippen molar-refractivity contribution in [2.24, 2.45) is 0 Å². The van der Waals surface area contributed by atoms with Gasteiger partial charge in [-0.25, -0.2) is 0 Å². The Kier molecular flexibility index (Phi) is 6.52. The van der Waals surface area contributed by atoms with Crippen LogP contribution in [0.4, 0.5) is 0 Å². The lowest BCUT2D eigenvalue weighted by Gasteiger charge is -2.07. The van der Waals surface area contributed by atoms with Gasteiger partial charge in [0.2, 0.25) is 0 Å². The standard InChI is InChI=1S/C18H21O2/c1(9-15-19-17-11-5-3-6-12-17)2-10-16-20-18-13-7-4-8-14-18/h3-8,11-13H,1-2,9-10,15-16H2. The summed E-state index contributed by atoms with van der Waals surface area (Å²) in [4.78, 5) is 0. The highest BCUT2D eigenvalue weighted by molar-refractivity contribution is 5.20. The summed E-state index contributed by atoms with van der Waals surface area (Å²) >= 11 is 0. The van der Waals surface area contributed by atoms with Gasteiger partial charge in [-0.2, -0.15) is 0 Å². The van der Waals surface area contributed by atoms with E-state index < -0.39 is 0 Å². The second-order valence-electron chi connectivity index (χ2n) is 4.65. The molecule has 0 amide bonds. The molecule has 0 N–H and O–H groups in total. The van der Waals surface area contributed by atoms with Gasteiger partial charge in [0, 0.05) is 6.07 Å². The van der Waals surface area contributed by atoms with Crippen LogP contribution in [0.3, 0.4) is 0 Å². The molecule has 0 aromatic heterocycles. The zero-order valence-electron chi connectivity index (χ0n) is 11.8. The lowest BCUT2D eigenvalue weighted by atomic mass is 10.2. The fraction of sp³-hybridized carbons (Fsp3) is 0.333. The highest BCUT2D eigenvalue weighted by atomic mass is 16.5. The van der Waals surface area contributed by atoms with Crippen LogP contribution in [0.15, 0.2) is 54.6 Å². The maximum atomic E-state index is 5.65. The molecule has 0 aliphatic heterocycles. The molecule has 0 saturated heterocycles. The van der Waals surface area contributed by atoms with E-state index in [1.165, 1.54) is 12.8 Å². The summed E-state index contributed by atoms with van der Waals surface area (Å²) in [7, 11) is 0. The Hall–Kier alpha value is -1.96. The van der Waals surface area contributed by atoms with Crippen molar-refractivity contribution in [3.63, 3.8) is 0 Å². The average Bonchev–Trinajstić information content (AvgIpc) is 2.52. The monoisotopic (exact) mass is 269 g/mol. The number of unbranched alkanes of at least 4 members (excludes halogenated alkanes) is 3. The summed E-state index contributed by atoms with van der Waals surface area (Å²) in [6, 6.07) is 20.7. The summed E-state index contributed by atoms with van der Waals surface area (Å²) in [6.45, 7) is 1.55. The highest BCUT2D eigenvalue weighted by Gasteiger charge is 1.95. The smallest absolute Gasteiger partial charge is 0.127 e. The summed E-state index contributed by atoms with van der Waals surface area (Å²) in [6.07, 6.45) is 4.51. The third-order valence-electron chi connectivity index (χ3n) is 2.99. The largest absolute Gasteiger partial charge is 0.494 e. The molecule has 2 nitrogen and oxygen atoms in total. The second kappa shape index (κ2) is 9.03. The Morgan fingerprint density at radius 3 is 2.10 bits per heavy atom. The minimum atomic E-state index is 0.764. The van der Waals surface area contributed by atoms with Gasteiger partial charge < -0.3 is 9.47 Å². The molecule has 0 aliphatic carbocycles. The topological polar surface area (TPSA) is 18.5 Å². The summed E-state index contributed by atoms with van der Waals surface area (Å²) in [5.41, 5.74) is 0. The van der Waals surface area contributed by atoms with Crippen molar-refractivity contribution in [1.29, 1.82) is 0 Å². The molecule has 105 valence electrons. The Balaban J connectivity index is 1.44. The quantitative estimate of drug-likeness (QED) is 0.624. The number of hydrogen-bond acceptors (Lipinski definition) is 2. The van der Waals surface area contributed by atoms with E-state index in [1.54, 1.807) is 0 Å². The first kappa shape index (κ1) is 14.4. The van der Waals surface area contributed by atoms with Crippen molar-refractivity contribution < 1.29 is 9.47 Å². The molecule has 0 unspecified atom stereocenters. The van der Waals surface area contributed by atoms with E-state index in [1.807, 2.05) is 54.6 Å². The zero-order chi connectivity index (χ0) is 13.9. The van der Waals surface area contributed by atoms with E-state index in [-0.39, 0.29) is 0 Å². The van der Waals surface area contributed by atoms with Gasteiger partial charge in [0.25, 0.3) is 0 Å². The van der Waals surface area contributed by atoms with E-state index in [0.29, 0.717) is 0 Å². The van der Waals surface area contributed by atoms with E-state index in [9.17, 15) is 0 Å². The Morgan fingerprint density at radius 1 is 0.700 bits per heavy atom. The van der Waals surface area contributed by atoms with Crippen LogP contribution in [0, 0.1) is 6.07 Å². The molecular formula is C18H21O2. The van der Waals surface area contributed by atoms with Crippen LogP contribution in [0.2, 0.25) is 0 Å². The van der Waals surface area contributed by atoms with E-state index in [4.69, 9.17) is 9.47 Å². The lowest BCUT2D eigenvalue weighted by Crippen LogP contribution is -1.99. The van der Waals surface area contributed by atoms with Crippen molar-refractivity contribution in [3.8, 4) is 11.5 Å². The van der Waals surface area contributed by atoms with Crippen LogP contribution >= 0.6 is 0 Å². The molecule has 0 aliphatic rings. The minimum Gasteiger partial charge on any atom is -0.494 e. The molecule has 2 rings (SSSR count). The van der Waals surface area contributed by atoms with Crippen LogP contribution in [0.5, 0.6) is 11.5 Å². The molecule has 1 radical (unpaired) electrons. The molecule has 0 fully saturated rings. The fourth-order valence-corrected chi connectivity index (χ4v) is 1.91. The molecule has 0 heterocycles. The molecule has 0 bridgehead atoms. The predicted octanol–water partition coefficient (Wildman–Crippen LogP) is 4.50. The van der Waals surface area contributed by atoms with Crippen LogP contribution in [0.25, 0.3) is 0 Å². The summed E-state index contributed by atoms with van der Waals surface area (Å²) in [5.74, 6) is 1.79. The number of rotatable bonds is 9. The third-order valence-corrected chi connectivity index (χ3v) is 2.99. The van der Waals surface area contributed by atoms with Crippen molar-refractivity contribution >= 4 is 0 Å². The average molecular weight is 269 g/mol. The normalized spacial score (nSPS) is 10.2. The van der Waals surface area contributed by atoms with Crippen LogP contribution in [0.1, 0.15) is 25.7 Å². The molecule has 0 spiro atoms. The van der Waals surface area contributed by atoms with Gasteiger partial charge in [-0.3, -0.25) is 0 Å². The molecule has 2 heteroatoms. The van der Waals surface area contributed by atoms with Gasteiger partial charge >= 0.3 is 0 Å². The number of hydrogen-bond donors (Lipinski definition) is 0. The Labute approximate surface area is 121 Å².